The first-order valence-electron chi connectivity index (χ1n) is 8.05. The van der Waals surface area contributed by atoms with Gasteiger partial charge in [0.2, 0.25) is 5.91 Å². The molecule has 6 nitrogen and oxygen atoms in total. The van der Waals surface area contributed by atoms with Crippen molar-refractivity contribution in [1.82, 2.24) is 19.9 Å². The predicted octanol–water partition coefficient (Wildman–Crippen LogP) is 1.76. The molecule has 1 atom stereocenters. The largest absolute Gasteiger partial charge is 0.377 e. The van der Waals surface area contributed by atoms with Crippen molar-refractivity contribution in [1.29, 1.82) is 0 Å². The maximum absolute atomic E-state index is 12.5. The van der Waals surface area contributed by atoms with Gasteiger partial charge in [0.15, 0.2) is 0 Å². The van der Waals surface area contributed by atoms with Gasteiger partial charge in [0, 0.05) is 19.7 Å². The van der Waals surface area contributed by atoms with Crippen LogP contribution in [0, 0.1) is 6.92 Å². The summed E-state index contributed by atoms with van der Waals surface area (Å²) in [7, 11) is 0. The number of carbonyl (C=O) groups is 1. The summed E-state index contributed by atoms with van der Waals surface area (Å²) in [5.41, 5.74) is 2.59. The second-order valence-corrected chi connectivity index (χ2v) is 5.75. The standard InChI is InChI=1S/C17H22N4O2/c1-3-23-15-9-10-20(12-15)17(22)11-16-13(2)21(19-18-16)14-7-5-4-6-8-14/h4-8,15H,3,9-12H2,1-2H3/t15-/m0/s1. The molecule has 1 aliphatic rings. The first kappa shape index (κ1) is 15.7. The lowest BCUT2D eigenvalue weighted by Crippen LogP contribution is -2.31. The van der Waals surface area contributed by atoms with Crippen molar-refractivity contribution in [3.05, 3.63) is 41.7 Å². The molecule has 122 valence electrons. The second kappa shape index (κ2) is 6.91. The van der Waals surface area contributed by atoms with Crippen LogP contribution in [0.5, 0.6) is 0 Å². The van der Waals surface area contributed by atoms with Gasteiger partial charge >= 0.3 is 0 Å². The second-order valence-electron chi connectivity index (χ2n) is 5.75. The molecule has 1 aromatic heterocycles. The molecule has 3 rings (SSSR count). The number of amides is 1. The number of aromatic nitrogens is 3. The van der Waals surface area contributed by atoms with Gasteiger partial charge in [-0.1, -0.05) is 23.4 Å². The molecule has 0 saturated carbocycles. The lowest BCUT2D eigenvalue weighted by atomic mass is 10.2. The van der Waals surface area contributed by atoms with Crippen molar-refractivity contribution in [2.45, 2.75) is 32.8 Å². The molecule has 1 aliphatic heterocycles. The Morgan fingerprint density at radius 2 is 2.13 bits per heavy atom. The van der Waals surface area contributed by atoms with Gasteiger partial charge in [-0.3, -0.25) is 4.79 Å². The van der Waals surface area contributed by atoms with Crippen LogP contribution in [0.15, 0.2) is 30.3 Å². The van der Waals surface area contributed by atoms with E-state index in [0.29, 0.717) is 13.2 Å². The van der Waals surface area contributed by atoms with E-state index in [0.717, 1.165) is 30.0 Å². The van der Waals surface area contributed by atoms with E-state index in [9.17, 15) is 4.79 Å². The van der Waals surface area contributed by atoms with Crippen LogP contribution in [-0.4, -0.2) is 51.6 Å². The summed E-state index contributed by atoms with van der Waals surface area (Å²) >= 11 is 0. The van der Waals surface area contributed by atoms with Crippen LogP contribution in [0.25, 0.3) is 5.69 Å². The van der Waals surface area contributed by atoms with E-state index in [4.69, 9.17) is 4.74 Å². The average molecular weight is 314 g/mol. The molecule has 1 aromatic carbocycles. The predicted molar refractivity (Wildman–Crippen MR) is 86.4 cm³/mol. The molecule has 0 unspecified atom stereocenters. The Balaban J connectivity index is 1.67. The molecule has 6 heteroatoms. The van der Waals surface area contributed by atoms with E-state index in [1.165, 1.54) is 0 Å². The zero-order valence-electron chi connectivity index (χ0n) is 13.6. The van der Waals surface area contributed by atoms with E-state index in [1.807, 2.05) is 49.1 Å². The molecule has 0 aliphatic carbocycles. The maximum atomic E-state index is 12.5. The Hall–Kier alpha value is -2.21. The van der Waals surface area contributed by atoms with E-state index in [-0.39, 0.29) is 18.4 Å². The SMILES string of the molecule is CCO[C@H]1CCN(C(=O)Cc2nnn(-c3ccccc3)c2C)C1. The van der Waals surface area contributed by atoms with E-state index in [2.05, 4.69) is 10.3 Å². The Labute approximate surface area is 136 Å². The molecule has 1 saturated heterocycles. The number of benzene rings is 1. The van der Waals surface area contributed by atoms with Crippen LogP contribution in [0.4, 0.5) is 0 Å². The molecular formula is C17H22N4O2. The van der Waals surface area contributed by atoms with Gasteiger partial charge in [0.25, 0.3) is 0 Å². The molecule has 1 fully saturated rings. The fourth-order valence-corrected chi connectivity index (χ4v) is 2.92. The van der Waals surface area contributed by atoms with Gasteiger partial charge in [-0.25, -0.2) is 4.68 Å². The average Bonchev–Trinajstić information content (AvgIpc) is 3.17. The van der Waals surface area contributed by atoms with Gasteiger partial charge in [-0.15, -0.1) is 5.10 Å². The van der Waals surface area contributed by atoms with Gasteiger partial charge in [-0.05, 0) is 32.4 Å². The smallest absolute Gasteiger partial charge is 0.228 e. The third-order valence-electron chi connectivity index (χ3n) is 4.21. The third-order valence-corrected chi connectivity index (χ3v) is 4.21. The molecule has 1 amide bonds. The third kappa shape index (κ3) is 3.42. The highest BCUT2D eigenvalue weighted by Gasteiger charge is 2.27. The first-order valence-corrected chi connectivity index (χ1v) is 8.05. The lowest BCUT2D eigenvalue weighted by molar-refractivity contribution is -0.130. The fraction of sp³-hybridized carbons (Fsp3) is 0.471. The summed E-state index contributed by atoms with van der Waals surface area (Å²) in [4.78, 5) is 14.3. The number of rotatable bonds is 5. The van der Waals surface area contributed by atoms with Gasteiger partial charge < -0.3 is 9.64 Å². The van der Waals surface area contributed by atoms with Crippen molar-refractivity contribution in [2.24, 2.45) is 0 Å². The molecule has 0 bridgehead atoms. The maximum Gasteiger partial charge on any atom is 0.228 e. The summed E-state index contributed by atoms with van der Waals surface area (Å²) in [5.74, 6) is 0.0930. The molecule has 2 heterocycles. The first-order chi connectivity index (χ1) is 11.2. The molecular weight excluding hydrogens is 292 g/mol. The van der Waals surface area contributed by atoms with Gasteiger partial charge in [0.05, 0.1) is 29.6 Å². The van der Waals surface area contributed by atoms with Gasteiger partial charge in [-0.2, -0.15) is 0 Å². The van der Waals surface area contributed by atoms with Gasteiger partial charge in [0.1, 0.15) is 0 Å². The highest BCUT2D eigenvalue weighted by molar-refractivity contribution is 5.78. The summed E-state index contributed by atoms with van der Waals surface area (Å²) < 4.78 is 7.37. The molecule has 0 radical (unpaired) electrons. The minimum absolute atomic E-state index is 0.0930. The molecule has 0 spiro atoms. The number of para-hydroxylation sites is 1. The Morgan fingerprint density at radius 3 is 2.87 bits per heavy atom. The number of likely N-dealkylation sites (tertiary alicyclic amines) is 1. The van der Waals surface area contributed by atoms with E-state index < -0.39 is 0 Å². The fourth-order valence-electron chi connectivity index (χ4n) is 2.92. The van der Waals surface area contributed by atoms with Crippen LogP contribution >= 0.6 is 0 Å². The van der Waals surface area contributed by atoms with Crippen LogP contribution in [0.2, 0.25) is 0 Å². The molecule has 2 aromatic rings. The van der Waals surface area contributed by atoms with Crippen molar-refractivity contribution in [3.8, 4) is 5.69 Å². The number of nitrogens with zero attached hydrogens (tertiary/aromatic N) is 4. The van der Waals surface area contributed by atoms with Crippen molar-refractivity contribution in [3.63, 3.8) is 0 Å². The van der Waals surface area contributed by atoms with Crippen LogP contribution in [-0.2, 0) is 16.0 Å². The number of hydrogen-bond acceptors (Lipinski definition) is 4. The quantitative estimate of drug-likeness (QED) is 0.844. The van der Waals surface area contributed by atoms with Crippen LogP contribution in [0.1, 0.15) is 24.7 Å². The van der Waals surface area contributed by atoms with Crippen LogP contribution < -0.4 is 0 Å². The van der Waals surface area contributed by atoms with Crippen molar-refractivity contribution >= 4 is 5.91 Å². The molecule has 0 N–H and O–H groups in total. The highest BCUT2D eigenvalue weighted by Crippen LogP contribution is 2.16. The van der Waals surface area contributed by atoms with E-state index >= 15 is 0 Å². The Bertz CT molecular complexity index is 668. The Kier molecular flexibility index (Phi) is 4.71. The minimum atomic E-state index is 0.0930. The minimum Gasteiger partial charge on any atom is -0.377 e. The Morgan fingerprint density at radius 1 is 1.35 bits per heavy atom. The normalized spacial score (nSPS) is 17.7. The van der Waals surface area contributed by atoms with E-state index in [1.54, 1.807) is 4.68 Å². The summed E-state index contributed by atoms with van der Waals surface area (Å²) in [6, 6.07) is 9.82. The monoisotopic (exact) mass is 314 g/mol. The van der Waals surface area contributed by atoms with Crippen molar-refractivity contribution in [2.75, 3.05) is 19.7 Å². The molecule has 23 heavy (non-hydrogen) atoms. The summed E-state index contributed by atoms with van der Waals surface area (Å²) in [6.45, 7) is 6.06. The summed E-state index contributed by atoms with van der Waals surface area (Å²) in [6.07, 6.45) is 1.37. The summed E-state index contributed by atoms with van der Waals surface area (Å²) in [5, 5.41) is 8.37. The lowest BCUT2D eigenvalue weighted by Gasteiger charge is -2.16. The zero-order valence-corrected chi connectivity index (χ0v) is 13.6. The van der Waals surface area contributed by atoms with Crippen molar-refractivity contribution < 1.29 is 9.53 Å². The van der Waals surface area contributed by atoms with Crippen LogP contribution in [0.3, 0.4) is 0 Å². The zero-order chi connectivity index (χ0) is 16.2. The highest BCUT2D eigenvalue weighted by atomic mass is 16.5. The topological polar surface area (TPSA) is 60.2 Å². The number of hydrogen-bond donors (Lipinski definition) is 0. The number of carbonyl (C=O) groups excluding carboxylic acids is 1. The number of ether oxygens (including phenoxy) is 1.